The zero-order chi connectivity index (χ0) is 23.3. The summed E-state index contributed by atoms with van der Waals surface area (Å²) >= 11 is 0. The van der Waals surface area contributed by atoms with Crippen LogP contribution in [-0.2, 0) is 6.54 Å². The molecule has 3 heterocycles. The first-order valence-electron chi connectivity index (χ1n) is 12.4. The number of nitrogens with zero attached hydrogens (tertiary/aromatic N) is 6. The zero-order valence-electron chi connectivity index (χ0n) is 20.1. The number of fused-ring (bicyclic) bond motifs is 1. The second-order valence-corrected chi connectivity index (χ2v) is 9.46. The SMILES string of the molecule is CC(C)c1nc(NC(CN2CCCCC2)c2ccccc2)c2nnn(Cc3ccccc3)c2n1. The van der Waals surface area contributed by atoms with Crippen LogP contribution in [-0.4, -0.2) is 49.5 Å². The number of benzene rings is 2. The summed E-state index contributed by atoms with van der Waals surface area (Å²) in [5, 5.41) is 12.7. The Kier molecular flexibility index (Phi) is 6.81. The molecule has 4 aromatic rings. The van der Waals surface area contributed by atoms with Crippen LogP contribution in [0, 0.1) is 0 Å². The van der Waals surface area contributed by atoms with Crippen molar-refractivity contribution in [1.29, 1.82) is 0 Å². The van der Waals surface area contributed by atoms with E-state index in [1.807, 2.05) is 22.9 Å². The van der Waals surface area contributed by atoms with Crippen molar-refractivity contribution in [3.05, 3.63) is 77.6 Å². The van der Waals surface area contributed by atoms with Crippen molar-refractivity contribution in [1.82, 2.24) is 29.9 Å². The van der Waals surface area contributed by atoms with E-state index in [-0.39, 0.29) is 12.0 Å². The zero-order valence-corrected chi connectivity index (χ0v) is 20.1. The molecule has 2 aromatic heterocycles. The van der Waals surface area contributed by atoms with Crippen LogP contribution in [0.5, 0.6) is 0 Å². The maximum Gasteiger partial charge on any atom is 0.184 e. The average Bonchev–Trinajstić information content (AvgIpc) is 3.28. The molecule has 7 heteroatoms. The van der Waals surface area contributed by atoms with Gasteiger partial charge < -0.3 is 10.2 Å². The van der Waals surface area contributed by atoms with Crippen molar-refractivity contribution in [3.63, 3.8) is 0 Å². The van der Waals surface area contributed by atoms with E-state index in [2.05, 4.69) is 76.8 Å². The molecule has 1 N–H and O–H groups in total. The number of hydrogen-bond acceptors (Lipinski definition) is 6. The van der Waals surface area contributed by atoms with Crippen LogP contribution < -0.4 is 5.32 Å². The molecule has 34 heavy (non-hydrogen) atoms. The number of anilines is 1. The summed E-state index contributed by atoms with van der Waals surface area (Å²) in [6.07, 6.45) is 3.86. The molecule has 0 spiro atoms. The van der Waals surface area contributed by atoms with Crippen molar-refractivity contribution in [2.45, 2.75) is 51.6 Å². The lowest BCUT2D eigenvalue weighted by molar-refractivity contribution is 0.220. The third-order valence-electron chi connectivity index (χ3n) is 6.47. The molecule has 176 valence electrons. The number of likely N-dealkylation sites (tertiary alicyclic amines) is 1. The summed E-state index contributed by atoms with van der Waals surface area (Å²) in [5.41, 5.74) is 3.91. The number of hydrogen-bond donors (Lipinski definition) is 1. The summed E-state index contributed by atoms with van der Waals surface area (Å²) in [7, 11) is 0. The summed E-state index contributed by atoms with van der Waals surface area (Å²) < 4.78 is 1.88. The van der Waals surface area contributed by atoms with Gasteiger partial charge in [-0.3, -0.25) is 0 Å². The predicted molar refractivity (Wildman–Crippen MR) is 136 cm³/mol. The molecule has 1 atom stereocenters. The summed E-state index contributed by atoms with van der Waals surface area (Å²) in [5.74, 6) is 1.76. The van der Waals surface area contributed by atoms with Gasteiger partial charge in [-0.05, 0) is 37.1 Å². The molecule has 1 fully saturated rings. The van der Waals surface area contributed by atoms with Gasteiger partial charge in [0.05, 0.1) is 12.6 Å². The first kappa shape index (κ1) is 22.5. The van der Waals surface area contributed by atoms with E-state index in [1.54, 1.807) is 0 Å². The monoisotopic (exact) mass is 455 g/mol. The number of rotatable bonds is 8. The van der Waals surface area contributed by atoms with Crippen LogP contribution in [0.4, 0.5) is 5.82 Å². The van der Waals surface area contributed by atoms with E-state index >= 15 is 0 Å². The number of piperidine rings is 1. The molecule has 1 aliphatic rings. The molecule has 0 aliphatic carbocycles. The van der Waals surface area contributed by atoms with Gasteiger partial charge in [-0.25, -0.2) is 14.6 Å². The Morgan fingerprint density at radius 1 is 0.882 bits per heavy atom. The third kappa shape index (κ3) is 5.09. The van der Waals surface area contributed by atoms with E-state index < -0.39 is 0 Å². The summed E-state index contributed by atoms with van der Waals surface area (Å²) in [6.45, 7) is 8.10. The highest BCUT2D eigenvalue weighted by molar-refractivity contribution is 5.82. The fourth-order valence-corrected chi connectivity index (χ4v) is 4.58. The Hall–Kier alpha value is -3.32. The second kappa shape index (κ2) is 10.3. The van der Waals surface area contributed by atoms with Gasteiger partial charge in [0.25, 0.3) is 0 Å². The second-order valence-electron chi connectivity index (χ2n) is 9.46. The first-order chi connectivity index (χ1) is 16.7. The van der Waals surface area contributed by atoms with Gasteiger partial charge in [0, 0.05) is 12.5 Å². The van der Waals surface area contributed by atoms with Crippen molar-refractivity contribution in [2.75, 3.05) is 25.0 Å². The van der Waals surface area contributed by atoms with Gasteiger partial charge in [0.1, 0.15) is 5.82 Å². The highest BCUT2D eigenvalue weighted by atomic mass is 15.4. The topological polar surface area (TPSA) is 71.8 Å². The molecule has 0 amide bonds. The van der Waals surface area contributed by atoms with Crippen LogP contribution in [0.3, 0.4) is 0 Å². The first-order valence-corrected chi connectivity index (χ1v) is 12.4. The van der Waals surface area contributed by atoms with Gasteiger partial charge in [-0.2, -0.15) is 0 Å². The molecular formula is C27H33N7. The minimum absolute atomic E-state index is 0.108. The Morgan fingerprint density at radius 2 is 1.59 bits per heavy atom. The molecule has 0 bridgehead atoms. The molecule has 0 radical (unpaired) electrons. The van der Waals surface area contributed by atoms with Gasteiger partial charge >= 0.3 is 0 Å². The lowest BCUT2D eigenvalue weighted by Gasteiger charge is -2.31. The smallest absolute Gasteiger partial charge is 0.184 e. The van der Waals surface area contributed by atoms with Gasteiger partial charge in [-0.1, -0.05) is 86.1 Å². The Bertz CT molecular complexity index is 1200. The molecule has 2 aromatic carbocycles. The Morgan fingerprint density at radius 3 is 2.29 bits per heavy atom. The van der Waals surface area contributed by atoms with Crippen LogP contribution in [0.2, 0.25) is 0 Å². The Balaban J connectivity index is 1.51. The van der Waals surface area contributed by atoms with E-state index in [9.17, 15) is 0 Å². The fraction of sp³-hybridized carbons (Fsp3) is 0.407. The standard InChI is InChI=1S/C27H33N7/c1-20(2)25-29-26(24-27(30-25)34(32-31-24)18-21-12-6-3-7-13-21)28-23(22-14-8-4-9-15-22)19-33-16-10-5-11-17-33/h3-4,6-9,12-15,20,23H,5,10-11,16-19H2,1-2H3,(H,28,29,30). The van der Waals surface area contributed by atoms with E-state index in [1.165, 1.54) is 30.4 Å². The van der Waals surface area contributed by atoms with Crippen LogP contribution in [0.1, 0.15) is 62.0 Å². The molecule has 1 unspecified atom stereocenters. The van der Waals surface area contributed by atoms with Gasteiger partial charge in [0.2, 0.25) is 0 Å². The van der Waals surface area contributed by atoms with Crippen molar-refractivity contribution < 1.29 is 0 Å². The lowest BCUT2D eigenvalue weighted by atomic mass is 10.0. The fourth-order valence-electron chi connectivity index (χ4n) is 4.58. The molecular weight excluding hydrogens is 422 g/mol. The number of aromatic nitrogens is 5. The highest BCUT2D eigenvalue weighted by Crippen LogP contribution is 2.27. The maximum atomic E-state index is 4.92. The third-order valence-corrected chi connectivity index (χ3v) is 6.47. The van der Waals surface area contributed by atoms with Gasteiger partial charge in [0.15, 0.2) is 17.0 Å². The molecule has 5 rings (SSSR count). The van der Waals surface area contributed by atoms with E-state index in [4.69, 9.17) is 9.97 Å². The minimum Gasteiger partial charge on any atom is -0.360 e. The Labute approximate surface area is 201 Å². The highest BCUT2D eigenvalue weighted by Gasteiger charge is 2.22. The number of nitrogens with one attached hydrogen (secondary N) is 1. The molecule has 0 saturated carbocycles. The molecule has 1 aliphatic heterocycles. The average molecular weight is 456 g/mol. The van der Waals surface area contributed by atoms with Crippen molar-refractivity contribution in [3.8, 4) is 0 Å². The quantitative estimate of drug-likeness (QED) is 0.402. The summed E-state index contributed by atoms with van der Waals surface area (Å²) in [6, 6.07) is 21.1. The normalized spacial score (nSPS) is 15.6. The largest absolute Gasteiger partial charge is 0.360 e. The predicted octanol–water partition coefficient (Wildman–Crippen LogP) is 5.03. The van der Waals surface area contributed by atoms with Crippen LogP contribution >= 0.6 is 0 Å². The van der Waals surface area contributed by atoms with Gasteiger partial charge in [-0.15, -0.1) is 5.10 Å². The van der Waals surface area contributed by atoms with Crippen molar-refractivity contribution >= 4 is 17.0 Å². The van der Waals surface area contributed by atoms with E-state index in [0.717, 1.165) is 42.4 Å². The molecule has 1 saturated heterocycles. The van der Waals surface area contributed by atoms with E-state index in [0.29, 0.717) is 6.54 Å². The maximum absolute atomic E-state index is 4.92. The summed E-state index contributed by atoms with van der Waals surface area (Å²) in [4.78, 5) is 12.3. The molecule has 7 nitrogen and oxygen atoms in total. The van der Waals surface area contributed by atoms with Crippen molar-refractivity contribution in [2.24, 2.45) is 0 Å². The van der Waals surface area contributed by atoms with Crippen LogP contribution in [0.15, 0.2) is 60.7 Å². The minimum atomic E-state index is 0.108. The lowest BCUT2D eigenvalue weighted by Crippen LogP contribution is -2.35. The van der Waals surface area contributed by atoms with Crippen LogP contribution in [0.25, 0.3) is 11.2 Å².